The van der Waals surface area contributed by atoms with Crippen LogP contribution in [0.15, 0.2) is 84.9 Å². The van der Waals surface area contributed by atoms with Crippen molar-refractivity contribution in [2.24, 2.45) is 5.92 Å². The highest BCUT2D eigenvalue weighted by Crippen LogP contribution is 2.24. The second kappa shape index (κ2) is 14.0. The van der Waals surface area contributed by atoms with Gasteiger partial charge in [-0.1, -0.05) is 56.7 Å². The lowest BCUT2D eigenvalue weighted by atomic mass is 10.0. The van der Waals surface area contributed by atoms with Gasteiger partial charge in [0.2, 0.25) is 0 Å². The predicted molar refractivity (Wildman–Crippen MR) is 142 cm³/mol. The number of esters is 1. The van der Waals surface area contributed by atoms with E-state index >= 15 is 0 Å². The van der Waals surface area contributed by atoms with Crippen LogP contribution in [-0.4, -0.2) is 19.2 Å². The molecule has 184 valence electrons. The predicted octanol–water partition coefficient (Wildman–Crippen LogP) is 8.12. The first kappa shape index (κ1) is 26.1. The molecule has 0 aromatic heterocycles. The lowest BCUT2D eigenvalue weighted by Gasteiger charge is -2.11. The molecule has 0 unspecified atom stereocenters. The van der Waals surface area contributed by atoms with Crippen LogP contribution in [0.1, 0.15) is 56.8 Å². The average Bonchev–Trinajstić information content (AvgIpc) is 2.90. The number of carbonyl (C=O) groups is 1. The maximum atomic E-state index is 12.6. The SMILES string of the molecule is C/C=C\CCCCOc1ccc(OC(=O)c2ccc(-c3ccc(OC[C@@H](C)CC)cc3)cc2)cc1. The molecule has 0 amide bonds. The Hall–Kier alpha value is -3.53. The molecule has 0 saturated heterocycles. The van der Waals surface area contributed by atoms with E-state index < -0.39 is 0 Å². The van der Waals surface area contributed by atoms with Crippen molar-refractivity contribution in [3.8, 4) is 28.4 Å². The lowest BCUT2D eigenvalue weighted by molar-refractivity contribution is 0.0734. The molecule has 0 spiro atoms. The van der Waals surface area contributed by atoms with Crippen molar-refractivity contribution in [1.29, 1.82) is 0 Å². The van der Waals surface area contributed by atoms with E-state index in [1.807, 2.05) is 55.5 Å². The zero-order valence-corrected chi connectivity index (χ0v) is 21.0. The Morgan fingerprint density at radius 3 is 2.00 bits per heavy atom. The first-order valence-corrected chi connectivity index (χ1v) is 12.5. The minimum atomic E-state index is -0.386. The normalized spacial score (nSPS) is 11.9. The summed E-state index contributed by atoms with van der Waals surface area (Å²) in [5.74, 6) is 2.29. The van der Waals surface area contributed by atoms with Gasteiger partial charge < -0.3 is 14.2 Å². The molecule has 0 radical (unpaired) electrons. The molecule has 0 heterocycles. The molecule has 0 saturated carbocycles. The van der Waals surface area contributed by atoms with Gasteiger partial charge in [-0.15, -0.1) is 0 Å². The molecule has 35 heavy (non-hydrogen) atoms. The van der Waals surface area contributed by atoms with Crippen LogP contribution < -0.4 is 14.2 Å². The second-order valence-electron chi connectivity index (χ2n) is 8.70. The van der Waals surface area contributed by atoms with E-state index in [1.165, 1.54) is 0 Å². The van der Waals surface area contributed by atoms with Gasteiger partial charge in [-0.3, -0.25) is 0 Å². The van der Waals surface area contributed by atoms with Crippen molar-refractivity contribution >= 4 is 5.97 Å². The van der Waals surface area contributed by atoms with Crippen LogP contribution in [0.3, 0.4) is 0 Å². The Balaban J connectivity index is 1.49. The fourth-order valence-electron chi connectivity index (χ4n) is 3.39. The van der Waals surface area contributed by atoms with E-state index in [0.717, 1.165) is 54.9 Å². The molecular formula is C31H36O4. The van der Waals surface area contributed by atoms with Crippen molar-refractivity contribution in [1.82, 2.24) is 0 Å². The lowest BCUT2D eigenvalue weighted by Crippen LogP contribution is -2.08. The van der Waals surface area contributed by atoms with E-state index in [0.29, 0.717) is 23.8 Å². The minimum Gasteiger partial charge on any atom is -0.494 e. The van der Waals surface area contributed by atoms with Crippen LogP contribution in [0.5, 0.6) is 17.2 Å². The third-order valence-electron chi connectivity index (χ3n) is 5.84. The summed E-state index contributed by atoms with van der Waals surface area (Å²) in [6.45, 7) is 7.78. The highest BCUT2D eigenvalue weighted by Gasteiger charge is 2.10. The van der Waals surface area contributed by atoms with Gasteiger partial charge in [-0.2, -0.15) is 0 Å². The van der Waals surface area contributed by atoms with Gasteiger partial charge in [0.15, 0.2) is 0 Å². The van der Waals surface area contributed by atoms with Crippen molar-refractivity contribution in [2.75, 3.05) is 13.2 Å². The largest absolute Gasteiger partial charge is 0.494 e. The van der Waals surface area contributed by atoms with Crippen LogP contribution in [-0.2, 0) is 0 Å². The summed E-state index contributed by atoms with van der Waals surface area (Å²) in [7, 11) is 0. The van der Waals surface area contributed by atoms with Gasteiger partial charge in [0.05, 0.1) is 18.8 Å². The maximum absolute atomic E-state index is 12.6. The molecule has 4 nitrogen and oxygen atoms in total. The molecule has 3 aromatic rings. The topological polar surface area (TPSA) is 44.8 Å². The number of hydrogen-bond donors (Lipinski definition) is 0. The monoisotopic (exact) mass is 472 g/mol. The van der Waals surface area contributed by atoms with E-state index in [-0.39, 0.29) is 5.97 Å². The first-order valence-electron chi connectivity index (χ1n) is 12.5. The molecule has 0 N–H and O–H groups in total. The van der Waals surface area contributed by atoms with Gasteiger partial charge in [-0.25, -0.2) is 4.79 Å². The summed E-state index contributed by atoms with van der Waals surface area (Å²) >= 11 is 0. The zero-order chi connectivity index (χ0) is 24.9. The average molecular weight is 473 g/mol. The fourth-order valence-corrected chi connectivity index (χ4v) is 3.39. The smallest absolute Gasteiger partial charge is 0.343 e. The summed E-state index contributed by atoms with van der Waals surface area (Å²) in [4.78, 5) is 12.6. The van der Waals surface area contributed by atoms with Gasteiger partial charge >= 0.3 is 5.97 Å². The summed E-state index contributed by atoms with van der Waals surface area (Å²) < 4.78 is 17.1. The van der Waals surface area contributed by atoms with Gasteiger partial charge in [0.25, 0.3) is 0 Å². The van der Waals surface area contributed by atoms with E-state index in [9.17, 15) is 4.79 Å². The molecule has 4 heteroatoms. The Morgan fingerprint density at radius 1 is 0.800 bits per heavy atom. The van der Waals surface area contributed by atoms with E-state index in [2.05, 4.69) is 26.0 Å². The Bertz CT molecular complexity index is 1050. The maximum Gasteiger partial charge on any atom is 0.343 e. The quantitative estimate of drug-likeness (QED) is 0.109. The number of ether oxygens (including phenoxy) is 3. The van der Waals surface area contributed by atoms with Gasteiger partial charge in [0.1, 0.15) is 17.2 Å². The fraction of sp³-hybridized carbons (Fsp3) is 0.323. The van der Waals surface area contributed by atoms with Crippen molar-refractivity contribution in [3.05, 3.63) is 90.5 Å². The molecule has 0 bridgehead atoms. The summed E-state index contributed by atoms with van der Waals surface area (Å²) in [6.07, 6.45) is 8.53. The number of hydrogen-bond acceptors (Lipinski definition) is 4. The molecule has 0 aliphatic rings. The summed E-state index contributed by atoms with van der Waals surface area (Å²) in [5, 5.41) is 0. The minimum absolute atomic E-state index is 0.386. The van der Waals surface area contributed by atoms with E-state index in [4.69, 9.17) is 14.2 Å². The number of carbonyl (C=O) groups excluding carboxylic acids is 1. The van der Waals surface area contributed by atoms with Gasteiger partial charge in [-0.05, 0) is 91.8 Å². The standard InChI is InChI=1S/C31H36O4/c1-4-6-7-8-9-22-33-28-18-20-30(21-19-28)35-31(32)27-12-10-25(11-13-27)26-14-16-29(17-15-26)34-23-24(3)5-2/h4,6,10-21,24H,5,7-9,22-23H2,1-3H3/b6-4-/t24-/m0/s1. The Labute approximate surface area is 209 Å². The van der Waals surface area contributed by atoms with Crippen LogP contribution in [0, 0.1) is 5.92 Å². The molecule has 3 aromatic carbocycles. The van der Waals surface area contributed by atoms with Crippen LogP contribution in [0.2, 0.25) is 0 Å². The van der Waals surface area contributed by atoms with Gasteiger partial charge in [0, 0.05) is 0 Å². The number of benzene rings is 3. The van der Waals surface area contributed by atoms with Crippen molar-refractivity contribution in [3.63, 3.8) is 0 Å². The molecule has 3 rings (SSSR count). The number of rotatable bonds is 13. The zero-order valence-electron chi connectivity index (χ0n) is 21.0. The molecule has 0 aliphatic heterocycles. The molecule has 0 fully saturated rings. The van der Waals surface area contributed by atoms with Crippen LogP contribution in [0.4, 0.5) is 0 Å². The van der Waals surface area contributed by atoms with Crippen molar-refractivity contribution < 1.29 is 19.0 Å². The second-order valence-corrected chi connectivity index (χ2v) is 8.70. The first-order chi connectivity index (χ1) is 17.1. The number of unbranched alkanes of at least 4 members (excludes halogenated alkanes) is 2. The molecule has 0 aliphatic carbocycles. The summed E-state index contributed by atoms with van der Waals surface area (Å²) in [5.41, 5.74) is 2.60. The Morgan fingerprint density at radius 2 is 1.37 bits per heavy atom. The van der Waals surface area contributed by atoms with E-state index in [1.54, 1.807) is 24.3 Å². The molecule has 1 atom stereocenters. The third kappa shape index (κ3) is 8.64. The highest BCUT2D eigenvalue weighted by atomic mass is 16.5. The third-order valence-corrected chi connectivity index (χ3v) is 5.84. The Kier molecular flexibility index (Phi) is 10.4. The van der Waals surface area contributed by atoms with Crippen LogP contribution >= 0.6 is 0 Å². The molecular weight excluding hydrogens is 436 g/mol. The van der Waals surface area contributed by atoms with Crippen molar-refractivity contribution in [2.45, 2.75) is 46.5 Å². The summed E-state index contributed by atoms with van der Waals surface area (Å²) in [6, 6.07) is 22.6. The number of allylic oxidation sites excluding steroid dienone is 2. The van der Waals surface area contributed by atoms with Crippen LogP contribution in [0.25, 0.3) is 11.1 Å². The highest BCUT2D eigenvalue weighted by molar-refractivity contribution is 5.91.